The maximum Gasteiger partial charge on any atom is 0.330 e. The number of aromatic nitrogens is 2. The van der Waals surface area contributed by atoms with Gasteiger partial charge in [-0.3, -0.25) is 24.0 Å². The van der Waals surface area contributed by atoms with Crippen LogP contribution in [-0.2, 0) is 11.3 Å². The number of hydrogen-bond acceptors (Lipinski definition) is 5. The van der Waals surface area contributed by atoms with E-state index in [-0.39, 0.29) is 23.5 Å². The van der Waals surface area contributed by atoms with Crippen molar-refractivity contribution in [2.24, 2.45) is 0 Å². The standard InChI is InChI=1S/C20H26N4O4/c1-2-3-12-23-18(21)17(19(26)22-20(23)27)24(14-7-4-5-8-14)16(25)11-10-15-9-6-13-28-15/h6,9-11,13-14H,2-5,7-8,12,21H2,1H3,(H,22,26,27)/b11-10+. The molecular weight excluding hydrogens is 360 g/mol. The third kappa shape index (κ3) is 4.11. The topological polar surface area (TPSA) is 114 Å². The zero-order valence-electron chi connectivity index (χ0n) is 16.0. The monoisotopic (exact) mass is 386 g/mol. The normalized spacial score (nSPS) is 14.8. The molecule has 0 bridgehead atoms. The molecule has 0 aromatic carbocycles. The second-order valence-electron chi connectivity index (χ2n) is 6.99. The van der Waals surface area contributed by atoms with Crippen LogP contribution in [0.1, 0.15) is 51.2 Å². The second-order valence-corrected chi connectivity index (χ2v) is 6.99. The van der Waals surface area contributed by atoms with Crippen LogP contribution in [0, 0.1) is 0 Å². The molecule has 0 saturated heterocycles. The van der Waals surface area contributed by atoms with Gasteiger partial charge in [-0.1, -0.05) is 26.2 Å². The molecule has 1 aliphatic rings. The van der Waals surface area contributed by atoms with E-state index in [2.05, 4.69) is 4.98 Å². The Hall–Kier alpha value is -3.03. The van der Waals surface area contributed by atoms with Crippen LogP contribution in [0.2, 0.25) is 0 Å². The number of rotatable bonds is 7. The summed E-state index contributed by atoms with van der Waals surface area (Å²) in [4.78, 5) is 41.7. The molecule has 0 aliphatic heterocycles. The van der Waals surface area contributed by atoms with Crippen molar-refractivity contribution in [2.45, 2.75) is 58.0 Å². The van der Waals surface area contributed by atoms with Gasteiger partial charge in [-0.2, -0.15) is 0 Å². The smallest absolute Gasteiger partial charge is 0.330 e. The van der Waals surface area contributed by atoms with Gasteiger partial charge in [0.25, 0.3) is 11.5 Å². The summed E-state index contributed by atoms with van der Waals surface area (Å²) in [6.45, 7) is 2.39. The molecule has 0 spiro atoms. The van der Waals surface area contributed by atoms with Gasteiger partial charge < -0.3 is 10.2 Å². The van der Waals surface area contributed by atoms with Crippen molar-refractivity contribution in [1.29, 1.82) is 0 Å². The molecule has 1 saturated carbocycles. The number of furan rings is 1. The molecule has 2 aromatic heterocycles. The molecule has 3 N–H and O–H groups in total. The molecule has 150 valence electrons. The minimum Gasteiger partial charge on any atom is -0.465 e. The highest BCUT2D eigenvalue weighted by Crippen LogP contribution is 2.29. The summed E-state index contributed by atoms with van der Waals surface area (Å²) < 4.78 is 6.56. The third-order valence-electron chi connectivity index (χ3n) is 5.05. The number of nitrogen functional groups attached to an aromatic ring is 1. The van der Waals surface area contributed by atoms with E-state index in [0.29, 0.717) is 12.3 Å². The van der Waals surface area contributed by atoms with Gasteiger partial charge in [0.1, 0.15) is 11.6 Å². The lowest BCUT2D eigenvalue weighted by Crippen LogP contribution is -2.45. The molecule has 0 unspecified atom stereocenters. The summed E-state index contributed by atoms with van der Waals surface area (Å²) in [6.07, 6.45) is 9.58. The summed E-state index contributed by atoms with van der Waals surface area (Å²) in [7, 11) is 0. The van der Waals surface area contributed by atoms with Gasteiger partial charge in [0.15, 0.2) is 5.69 Å². The summed E-state index contributed by atoms with van der Waals surface area (Å²) in [5.74, 6) is 0.213. The van der Waals surface area contributed by atoms with Crippen LogP contribution in [0.15, 0.2) is 38.5 Å². The Kier molecular flexibility index (Phi) is 6.18. The van der Waals surface area contributed by atoms with Crippen molar-refractivity contribution in [3.63, 3.8) is 0 Å². The van der Waals surface area contributed by atoms with Gasteiger partial charge in [-0.05, 0) is 37.5 Å². The van der Waals surface area contributed by atoms with Gasteiger partial charge in [0.2, 0.25) is 0 Å². The van der Waals surface area contributed by atoms with E-state index in [4.69, 9.17) is 10.2 Å². The summed E-state index contributed by atoms with van der Waals surface area (Å²) in [5, 5.41) is 0. The molecule has 8 nitrogen and oxygen atoms in total. The second kappa shape index (κ2) is 8.77. The number of nitrogens with one attached hydrogen (secondary N) is 1. The summed E-state index contributed by atoms with van der Waals surface area (Å²) >= 11 is 0. The van der Waals surface area contributed by atoms with E-state index in [1.807, 2.05) is 6.92 Å². The predicted molar refractivity (Wildman–Crippen MR) is 108 cm³/mol. The Morgan fingerprint density at radius 3 is 2.79 bits per heavy atom. The van der Waals surface area contributed by atoms with Crippen LogP contribution in [0.3, 0.4) is 0 Å². The Bertz CT molecular complexity index is 950. The van der Waals surface area contributed by atoms with Crippen molar-refractivity contribution in [2.75, 3.05) is 10.6 Å². The molecule has 2 heterocycles. The molecule has 0 atom stereocenters. The molecule has 8 heteroatoms. The summed E-state index contributed by atoms with van der Waals surface area (Å²) in [6, 6.07) is 3.33. The zero-order chi connectivity index (χ0) is 20.1. The molecule has 1 aliphatic carbocycles. The fourth-order valence-electron chi connectivity index (χ4n) is 3.60. The van der Waals surface area contributed by atoms with Crippen molar-refractivity contribution < 1.29 is 9.21 Å². The number of nitrogens with zero attached hydrogens (tertiary/aromatic N) is 2. The Balaban J connectivity index is 2.04. The lowest BCUT2D eigenvalue weighted by molar-refractivity contribution is -0.114. The number of unbranched alkanes of at least 4 members (excludes halogenated alkanes) is 1. The largest absolute Gasteiger partial charge is 0.465 e. The summed E-state index contributed by atoms with van der Waals surface area (Å²) in [5.41, 5.74) is 5.09. The van der Waals surface area contributed by atoms with Crippen LogP contribution in [0.5, 0.6) is 0 Å². The molecule has 0 radical (unpaired) electrons. The van der Waals surface area contributed by atoms with Crippen LogP contribution >= 0.6 is 0 Å². The first-order valence-electron chi connectivity index (χ1n) is 9.70. The average molecular weight is 386 g/mol. The fraction of sp³-hybridized carbons (Fsp3) is 0.450. The van der Waals surface area contributed by atoms with E-state index in [9.17, 15) is 14.4 Å². The van der Waals surface area contributed by atoms with Crippen molar-refractivity contribution in [3.05, 3.63) is 51.1 Å². The number of carbonyl (C=O) groups is 1. The Morgan fingerprint density at radius 1 is 1.39 bits per heavy atom. The maximum atomic E-state index is 13.0. The number of nitrogens with two attached hydrogens (primary N) is 1. The van der Waals surface area contributed by atoms with Crippen molar-refractivity contribution >= 4 is 23.5 Å². The number of H-pyrrole nitrogens is 1. The van der Waals surface area contributed by atoms with Gasteiger partial charge in [-0.25, -0.2) is 4.79 Å². The fourth-order valence-corrected chi connectivity index (χ4v) is 3.60. The molecule has 2 aromatic rings. The van der Waals surface area contributed by atoms with Crippen LogP contribution in [0.25, 0.3) is 6.08 Å². The maximum absolute atomic E-state index is 13.0. The number of anilines is 2. The molecular formula is C20H26N4O4. The first-order valence-corrected chi connectivity index (χ1v) is 9.70. The highest BCUT2D eigenvalue weighted by Gasteiger charge is 2.31. The van der Waals surface area contributed by atoms with Crippen molar-refractivity contribution in [3.8, 4) is 0 Å². The van der Waals surface area contributed by atoms with Gasteiger partial charge in [0, 0.05) is 18.7 Å². The lowest BCUT2D eigenvalue weighted by Gasteiger charge is -2.29. The van der Waals surface area contributed by atoms with E-state index < -0.39 is 11.2 Å². The van der Waals surface area contributed by atoms with Gasteiger partial charge in [-0.15, -0.1) is 0 Å². The number of aromatic amines is 1. The van der Waals surface area contributed by atoms with Crippen LogP contribution in [-0.4, -0.2) is 21.5 Å². The average Bonchev–Trinajstić information content (AvgIpc) is 3.36. The SMILES string of the molecule is CCCCn1c(N)c(N(C(=O)/C=C/c2ccco2)C2CCCC2)c(=O)[nH]c1=O. The first kappa shape index (κ1) is 19.7. The van der Waals surface area contributed by atoms with Crippen LogP contribution < -0.4 is 21.9 Å². The molecule has 3 rings (SSSR count). The Morgan fingerprint density at radius 2 is 2.14 bits per heavy atom. The molecule has 1 fully saturated rings. The number of amides is 1. The van der Waals surface area contributed by atoms with Gasteiger partial charge in [0.05, 0.1) is 6.26 Å². The number of hydrogen-bond donors (Lipinski definition) is 2. The minimum absolute atomic E-state index is 0.0360. The van der Waals surface area contributed by atoms with E-state index in [1.165, 1.54) is 21.8 Å². The van der Waals surface area contributed by atoms with E-state index in [1.54, 1.807) is 18.2 Å². The highest BCUT2D eigenvalue weighted by atomic mass is 16.3. The quantitative estimate of drug-likeness (QED) is 0.710. The van der Waals surface area contributed by atoms with Gasteiger partial charge >= 0.3 is 5.69 Å². The first-order chi connectivity index (χ1) is 13.5. The predicted octanol–water partition coefficient (Wildman–Crippen LogP) is 2.50. The minimum atomic E-state index is -0.637. The third-order valence-corrected chi connectivity index (χ3v) is 5.05. The highest BCUT2D eigenvalue weighted by molar-refractivity contribution is 6.05. The van der Waals surface area contributed by atoms with Crippen molar-refractivity contribution in [1.82, 2.24) is 9.55 Å². The Labute approximate surface area is 162 Å². The zero-order valence-corrected chi connectivity index (χ0v) is 16.0. The molecule has 28 heavy (non-hydrogen) atoms. The van der Waals surface area contributed by atoms with E-state index in [0.717, 1.165) is 38.5 Å². The number of carbonyl (C=O) groups excluding carboxylic acids is 1. The van der Waals surface area contributed by atoms with E-state index >= 15 is 0 Å². The molecule has 1 amide bonds. The lowest BCUT2D eigenvalue weighted by atomic mass is 10.1. The van der Waals surface area contributed by atoms with Crippen LogP contribution in [0.4, 0.5) is 11.5 Å².